The smallest absolute Gasteiger partial charge is 0.332 e. The fraction of sp³-hybridized carbons (Fsp3) is 0.909. The number of carbonyl (C=O) groups is 1. The molecule has 5 heteroatoms. The third-order valence-electron chi connectivity index (χ3n) is 2.90. The second-order valence-corrected chi connectivity index (χ2v) is 4.05. The molecule has 2 unspecified atom stereocenters. The average molecular weight is 231 g/mol. The lowest BCUT2D eigenvalue weighted by Gasteiger charge is -2.23. The van der Waals surface area contributed by atoms with E-state index in [0.29, 0.717) is 13.0 Å². The summed E-state index contributed by atoms with van der Waals surface area (Å²) in [5, 5.41) is 8.81. The largest absolute Gasteiger partial charge is 0.479 e. The summed E-state index contributed by atoms with van der Waals surface area (Å²) in [5.74, 6) is -0.845. The summed E-state index contributed by atoms with van der Waals surface area (Å²) >= 11 is 0. The van der Waals surface area contributed by atoms with Gasteiger partial charge in [0.15, 0.2) is 6.10 Å². The molecule has 1 aliphatic rings. The van der Waals surface area contributed by atoms with Crippen molar-refractivity contribution < 1.29 is 19.4 Å². The lowest BCUT2D eigenvalue weighted by atomic mass is 10.2. The van der Waals surface area contributed by atoms with Gasteiger partial charge in [0, 0.05) is 20.2 Å². The molecule has 0 radical (unpaired) electrons. The molecule has 0 aromatic rings. The van der Waals surface area contributed by atoms with Crippen LogP contribution in [-0.2, 0) is 14.3 Å². The van der Waals surface area contributed by atoms with Crippen LogP contribution in [0.25, 0.3) is 0 Å². The van der Waals surface area contributed by atoms with E-state index in [0.717, 1.165) is 26.1 Å². The summed E-state index contributed by atoms with van der Waals surface area (Å²) in [4.78, 5) is 12.9. The summed E-state index contributed by atoms with van der Waals surface area (Å²) in [7, 11) is 1.68. The maximum atomic E-state index is 10.7. The number of likely N-dealkylation sites (N-methyl/N-ethyl adjacent to an activating group) is 1. The summed E-state index contributed by atoms with van der Waals surface area (Å²) in [5.41, 5.74) is 0. The van der Waals surface area contributed by atoms with Crippen molar-refractivity contribution in [2.24, 2.45) is 0 Å². The van der Waals surface area contributed by atoms with E-state index in [2.05, 4.69) is 11.8 Å². The lowest BCUT2D eigenvalue weighted by molar-refractivity contribution is -0.149. The Balaban J connectivity index is 2.28. The first-order valence-electron chi connectivity index (χ1n) is 5.77. The van der Waals surface area contributed by atoms with Crippen molar-refractivity contribution in [2.75, 3.05) is 33.4 Å². The highest BCUT2D eigenvalue weighted by Crippen LogP contribution is 2.20. The molecule has 2 atom stereocenters. The topological polar surface area (TPSA) is 59.0 Å². The summed E-state index contributed by atoms with van der Waals surface area (Å²) in [6.45, 7) is 5.37. The Morgan fingerprint density at radius 2 is 2.31 bits per heavy atom. The van der Waals surface area contributed by atoms with Gasteiger partial charge in [-0.1, -0.05) is 6.92 Å². The summed E-state index contributed by atoms with van der Waals surface area (Å²) in [6.07, 6.45) is 0.909. The minimum atomic E-state index is -0.845. The van der Waals surface area contributed by atoms with Crippen molar-refractivity contribution in [1.82, 2.24) is 4.90 Å². The number of hydrogen-bond donors (Lipinski definition) is 1. The first-order chi connectivity index (χ1) is 7.67. The van der Waals surface area contributed by atoms with Gasteiger partial charge >= 0.3 is 5.97 Å². The van der Waals surface area contributed by atoms with Crippen molar-refractivity contribution in [1.29, 1.82) is 0 Å². The molecule has 0 amide bonds. The van der Waals surface area contributed by atoms with Crippen LogP contribution in [0.2, 0.25) is 0 Å². The molecule has 1 aliphatic heterocycles. The molecule has 0 saturated carbocycles. The van der Waals surface area contributed by atoms with E-state index in [1.54, 1.807) is 7.11 Å². The second kappa shape index (κ2) is 6.83. The van der Waals surface area contributed by atoms with Crippen LogP contribution < -0.4 is 0 Å². The van der Waals surface area contributed by atoms with Crippen LogP contribution in [0.3, 0.4) is 0 Å². The molecule has 0 aromatic carbocycles. The Kier molecular flexibility index (Phi) is 5.73. The molecular weight excluding hydrogens is 210 g/mol. The molecule has 0 aliphatic carbocycles. The molecule has 0 spiro atoms. The van der Waals surface area contributed by atoms with Gasteiger partial charge in [0.25, 0.3) is 0 Å². The van der Waals surface area contributed by atoms with Crippen LogP contribution in [0.4, 0.5) is 0 Å². The summed E-state index contributed by atoms with van der Waals surface area (Å²) in [6, 6.07) is 0. The van der Waals surface area contributed by atoms with E-state index in [1.165, 1.54) is 0 Å². The molecule has 1 heterocycles. The Morgan fingerprint density at radius 3 is 2.81 bits per heavy atom. The molecule has 0 aromatic heterocycles. The van der Waals surface area contributed by atoms with Crippen molar-refractivity contribution in [3.05, 3.63) is 0 Å². The fourth-order valence-electron chi connectivity index (χ4n) is 1.91. The Hall–Kier alpha value is -0.650. The molecule has 0 bridgehead atoms. The first-order valence-corrected chi connectivity index (χ1v) is 5.77. The minimum absolute atomic E-state index is 0.0536. The third-order valence-corrected chi connectivity index (χ3v) is 2.90. The van der Waals surface area contributed by atoms with Gasteiger partial charge in [-0.25, -0.2) is 4.79 Å². The number of methoxy groups -OCH3 is 1. The molecule has 1 N–H and O–H groups in total. The Bertz CT molecular complexity index is 222. The van der Waals surface area contributed by atoms with Gasteiger partial charge in [-0.05, 0) is 19.4 Å². The first kappa shape index (κ1) is 13.4. The minimum Gasteiger partial charge on any atom is -0.479 e. The standard InChI is InChI=1S/C11H21NO4/c1-3-12(6-7-15-2)8-9-4-5-10(16-9)11(13)14/h9-10H,3-8H2,1-2H3,(H,13,14). The van der Waals surface area contributed by atoms with E-state index in [9.17, 15) is 4.79 Å². The molecular formula is C11H21NO4. The predicted molar refractivity (Wildman–Crippen MR) is 59.5 cm³/mol. The second-order valence-electron chi connectivity index (χ2n) is 4.05. The summed E-state index contributed by atoms with van der Waals surface area (Å²) < 4.78 is 10.5. The Morgan fingerprint density at radius 1 is 1.56 bits per heavy atom. The van der Waals surface area contributed by atoms with E-state index < -0.39 is 12.1 Å². The quantitative estimate of drug-likeness (QED) is 0.695. The fourth-order valence-corrected chi connectivity index (χ4v) is 1.91. The lowest BCUT2D eigenvalue weighted by Crippen LogP contribution is -2.35. The Labute approximate surface area is 96.3 Å². The number of ether oxygens (including phenoxy) is 2. The third kappa shape index (κ3) is 4.08. The van der Waals surface area contributed by atoms with Gasteiger partial charge < -0.3 is 14.6 Å². The van der Waals surface area contributed by atoms with Crippen LogP contribution in [0.1, 0.15) is 19.8 Å². The van der Waals surface area contributed by atoms with Gasteiger partial charge in [-0.3, -0.25) is 4.90 Å². The van der Waals surface area contributed by atoms with Crippen LogP contribution in [-0.4, -0.2) is 61.5 Å². The van der Waals surface area contributed by atoms with Crippen LogP contribution in [0, 0.1) is 0 Å². The number of carboxylic acid groups (broad SMARTS) is 1. The number of aliphatic carboxylic acids is 1. The van der Waals surface area contributed by atoms with Crippen LogP contribution >= 0.6 is 0 Å². The molecule has 1 saturated heterocycles. The van der Waals surface area contributed by atoms with Crippen molar-refractivity contribution in [3.63, 3.8) is 0 Å². The van der Waals surface area contributed by atoms with E-state index >= 15 is 0 Å². The van der Waals surface area contributed by atoms with Gasteiger partial charge in [0.2, 0.25) is 0 Å². The highest BCUT2D eigenvalue weighted by Gasteiger charge is 2.31. The van der Waals surface area contributed by atoms with E-state index in [-0.39, 0.29) is 6.10 Å². The highest BCUT2D eigenvalue weighted by molar-refractivity contribution is 5.72. The number of hydrogen-bond acceptors (Lipinski definition) is 4. The highest BCUT2D eigenvalue weighted by atomic mass is 16.5. The zero-order valence-corrected chi connectivity index (χ0v) is 10.0. The maximum absolute atomic E-state index is 10.7. The van der Waals surface area contributed by atoms with Gasteiger partial charge in [-0.15, -0.1) is 0 Å². The predicted octanol–water partition coefficient (Wildman–Crippen LogP) is 0.587. The van der Waals surface area contributed by atoms with E-state index in [1.807, 2.05) is 0 Å². The van der Waals surface area contributed by atoms with Crippen molar-refractivity contribution >= 4 is 5.97 Å². The molecule has 94 valence electrons. The number of carboxylic acids is 1. The molecule has 16 heavy (non-hydrogen) atoms. The number of nitrogens with zero attached hydrogens (tertiary/aromatic N) is 1. The van der Waals surface area contributed by atoms with Crippen molar-refractivity contribution in [3.8, 4) is 0 Å². The van der Waals surface area contributed by atoms with Gasteiger partial charge in [-0.2, -0.15) is 0 Å². The van der Waals surface area contributed by atoms with E-state index in [4.69, 9.17) is 14.6 Å². The maximum Gasteiger partial charge on any atom is 0.332 e. The zero-order valence-electron chi connectivity index (χ0n) is 10.0. The SMILES string of the molecule is CCN(CCOC)CC1CCC(C(=O)O)O1. The normalized spacial score (nSPS) is 25.2. The van der Waals surface area contributed by atoms with Crippen molar-refractivity contribution in [2.45, 2.75) is 32.0 Å². The molecule has 1 fully saturated rings. The molecule has 5 nitrogen and oxygen atoms in total. The molecule has 1 rings (SSSR count). The average Bonchev–Trinajstić information content (AvgIpc) is 2.72. The monoisotopic (exact) mass is 231 g/mol. The zero-order chi connectivity index (χ0) is 12.0. The van der Waals surface area contributed by atoms with Crippen LogP contribution in [0.5, 0.6) is 0 Å². The van der Waals surface area contributed by atoms with Crippen LogP contribution in [0.15, 0.2) is 0 Å². The van der Waals surface area contributed by atoms with Gasteiger partial charge in [0.05, 0.1) is 12.7 Å². The van der Waals surface area contributed by atoms with Gasteiger partial charge in [0.1, 0.15) is 0 Å². The number of rotatable bonds is 7.